The highest BCUT2D eigenvalue weighted by Gasteiger charge is 2.12. The standard InChI is InChI=1S/C14H8ClFN2O/c1-18-13-5-2-8(6-12(13)15)10-4-3-9(16)7-11(10)14(17)19/h2-7H,(H2,17,19). The van der Waals surface area contributed by atoms with E-state index in [9.17, 15) is 9.18 Å². The number of hydrogen-bond donors (Lipinski definition) is 1. The predicted octanol–water partition coefficient (Wildman–Crippen LogP) is 3.80. The molecule has 2 N–H and O–H groups in total. The number of carbonyl (C=O) groups is 1. The van der Waals surface area contributed by atoms with Crippen LogP contribution in [0.4, 0.5) is 10.1 Å². The Morgan fingerprint density at radius 2 is 2.00 bits per heavy atom. The molecular weight excluding hydrogens is 267 g/mol. The summed E-state index contributed by atoms with van der Waals surface area (Å²) in [4.78, 5) is 14.6. The molecule has 0 atom stereocenters. The average Bonchev–Trinajstić information content (AvgIpc) is 2.38. The molecule has 0 bridgehead atoms. The van der Waals surface area contributed by atoms with E-state index in [0.717, 1.165) is 6.07 Å². The van der Waals surface area contributed by atoms with E-state index in [-0.39, 0.29) is 10.6 Å². The molecule has 0 heterocycles. The van der Waals surface area contributed by atoms with E-state index in [2.05, 4.69) is 4.85 Å². The highest BCUT2D eigenvalue weighted by atomic mass is 35.5. The smallest absolute Gasteiger partial charge is 0.249 e. The quantitative estimate of drug-likeness (QED) is 0.832. The van der Waals surface area contributed by atoms with Gasteiger partial charge in [0.2, 0.25) is 11.6 Å². The van der Waals surface area contributed by atoms with Gasteiger partial charge in [-0.2, -0.15) is 0 Å². The van der Waals surface area contributed by atoms with Crippen molar-refractivity contribution in [3.63, 3.8) is 0 Å². The van der Waals surface area contributed by atoms with Gasteiger partial charge in [-0.1, -0.05) is 29.8 Å². The van der Waals surface area contributed by atoms with Gasteiger partial charge >= 0.3 is 0 Å². The van der Waals surface area contributed by atoms with Gasteiger partial charge in [0.1, 0.15) is 5.82 Å². The molecule has 0 aliphatic rings. The number of hydrogen-bond acceptors (Lipinski definition) is 1. The second-order valence-electron chi connectivity index (χ2n) is 3.83. The van der Waals surface area contributed by atoms with E-state index in [4.69, 9.17) is 23.9 Å². The molecule has 0 saturated heterocycles. The van der Waals surface area contributed by atoms with Crippen molar-refractivity contribution >= 4 is 23.2 Å². The molecule has 0 saturated carbocycles. The molecule has 0 radical (unpaired) electrons. The molecule has 94 valence electrons. The Kier molecular flexibility index (Phi) is 3.50. The highest BCUT2D eigenvalue weighted by molar-refractivity contribution is 6.33. The Bertz CT molecular complexity index is 707. The lowest BCUT2D eigenvalue weighted by atomic mass is 9.99. The summed E-state index contributed by atoms with van der Waals surface area (Å²) in [6, 6.07) is 8.50. The van der Waals surface area contributed by atoms with Gasteiger partial charge in [0.15, 0.2) is 0 Å². The topological polar surface area (TPSA) is 47.5 Å². The van der Waals surface area contributed by atoms with E-state index < -0.39 is 11.7 Å². The number of nitrogens with two attached hydrogens (primary N) is 1. The van der Waals surface area contributed by atoms with Gasteiger partial charge in [-0.25, -0.2) is 9.24 Å². The first-order chi connectivity index (χ1) is 9.02. The third-order valence-corrected chi connectivity index (χ3v) is 2.93. The average molecular weight is 275 g/mol. The Hall–Kier alpha value is -2.38. The largest absolute Gasteiger partial charge is 0.366 e. The van der Waals surface area contributed by atoms with Gasteiger partial charge in [0.05, 0.1) is 6.57 Å². The first kappa shape index (κ1) is 13.1. The van der Waals surface area contributed by atoms with Crippen molar-refractivity contribution in [3.8, 4) is 11.1 Å². The second-order valence-corrected chi connectivity index (χ2v) is 4.24. The van der Waals surface area contributed by atoms with Crippen LogP contribution in [0.25, 0.3) is 16.0 Å². The number of benzene rings is 2. The monoisotopic (exact) mass is 274 g/mol. The fourth-order valence-electron chi connectivity index (χ4n) is 1.74. The maximum atomic E-state index is 13.1. The Morgan fingerprint density at radius 1 is 1.26 bits per heavy atom. The number of amides is 1. The van der Waals surface area contributed by atoms with Crippen molar-refractivity contribution in [1.29, 1.82) is 0 Å². The van der Waals surface area contributed by atoms with E-state index in [1.54, 1.807) is 18.2 Å². The summed E-state index contributed by atoms with van der Waals surface area (Å²) in [6.45, 7) is 6.92. The summed E-state index contributed by atoms with van der Waals surface area (Å²) < 4.78 is 13.1. The van der Waals surface area contributed by atoms with Gasteiger partial charge < -0.3 is 5.73 Å². The Labute approximate surface area is 114 Å². The molecule has 3 nitrogen and oxygen atoms in total. The summed E-state index contributed by atoms with van der Waals surface area (Å²) >= 11 is 5.94. The van der Waals surface area contributed by atoms with E-state index in [1.807, 2.05) is 0 Å². The van der Waals surface area contributed by atoms with Gasteiger partial charge in [-0.05, 0) is 29.3 Å². The number of rotatable bonds is 2. The summed E-state index contributed by atoms with van der Waals surface area (Å²) in [7, 11) is 0. The van der Waals surface area contributed by atoms with Crippen molar-refractivity contribution in [2.75, 3.05) is 0 Å². The molecule has 1 amide bonds. The molecule has 0 aromatic heterocycles. The predicted molar refractivity (Wildman–Crippen MR) is 71.6 cm³/mol. The lowest BCUT2D eigenvalue weighted by Crippen LogP contribution is -2.12. The van der Waals surface area contributed by atoms with Crippen LogP contribution in [0.2, 0.25) is 5.02 Å². The van der Waals surface area contributed by atoms with Crippen molar-refractivity contribution in [3.05, 3.63) is 64.2 Å². The molecule has 19 heavy (non-hydrogen) atoms. The lowest BCUT2D eigenvalue weighted by Gasteiger charge is -2.08. The fourth-order valence-corrected chi connectivity index (χ4v) is 1.96. The van der Waals surface area contributed by atoms with Crippen molar-refractivity contribution in [2.45, 2.75) is 0 Å². The first-order valence-electron chi connectivity index (χ1n) is 5.29. The normalized spacial score (nSPS) is 9.95. The third-order valence-electron chi connectivity index (χ3n) is 2.63. The van der Waals surface area contributed by atoms with Gasteiger partial charge in [-0.3, -0.25) is 4.79 Å². The van der Waals surface area contributed by atoms with Crippen molar-refractivity contribution in [2.24, 2.45) is 5.73 Å². The van der Waals surface area contributed by atoms with Crippen LogP contribution in [0.15, 0.2) is 36.4 Å². The van der Waals surface area contributed by atoms with Gasteiger partial charge in [-0.15, -0.1) is 0 Å². The molecule has 2 rings (SSSR count). The van der Waals surface area contributed by atoms with Gasteiger partial charge in [0.25, 0.3) is 0 Å². The van der Waals surface area contributed by atoms with Crippen LogP contribution >= 0.6 is 11.6 Å². The van der Waals surface area contributed by atoms with Gasteiger partial charge in [0, 0.05) is 10.6 Å². The number of primary amides is 1. The van der Waals surface area contributed by atoms with Crippen LogP contribution in [0.5, 0.6) is 0 Å². The fraction of sp³-hybridized carbons (Fsp3) is 0. The van der Waals surface area contributed by atoms with Crippen molar-refractivity contribution < 1.29 is 9.18 Å². The molecule has 5 heteroatoms. The zero-order valence-corrected chi connectivity index (χ0v) is 10.4. The third kappa shape index (κ3) is 2.56. The molecule has 0 fully saturated rings. The molecule has 2 aromatic carbocycles. The maximum absolute atomic E-state index is 13.1. The maximum Gasteiger partial charge on any atom is 0.249 e. The summed E-state index contributed by atoms with van der Waals surface area (Å²) in [6.07, 6.45) is 0. The lowest BCUT2D eigenvalue weighted by molar-refractivity contribution is 0.100. The minimum Gasteiger partial charge on any atom is -0.366 e. The summed E-state index contributed by atoms with van der Waals surface area (Å²) in [5, 5.41) is 0.271. The zero-order valence-electron chi connectivity index (χ0n) is 9.65. The zero-order chi connectivity index (χ0) is 14.0. The summed E-state index contributed by atoms with van der Waals surface area (Å²) in [5.41, 5.74) is 6.70. The van der Waals surface area contributed by atoms with Crippen molar-refractivity contribution in [1.82, 2.24) is 0 Å². The minimum absolute atomic E-state index is 0.0756. The van der Waals surface area contributed by atoms with Crippen LogP contribution < -0.4 is 5.73 Å². The molecule has 0 aliphatic carbocycles. The molecule has 0 unspecified atom stereocenters. The van der Waals surface area contributed by atoms with E-state index in [0.29, 0.717) is 16.8 Å². The molecule has 2 aromatic rings. The van der Waals surface area contributed by atoms with Crippen LogP contribution in [-0.2, 0) is 0 Å². The number of nitrogens with zero attached hydrogens (tertiary/aromatic N) is 1. The Balaban J connectivity index is 2.62. The number of carbonyl (C=O) groups excluding carboxylic acids is 1. The first-order valence-corrected chi connectivity index (χ1v) is 5.67. The van der Waals surface area contributed by atoms with E-state index in [1.165, 1.54) is 12.1 Å². The summed E-state index contributed by atoms with van der Waals surface area (Å²) in [5.74, 6) is -1.26. The van der Waals surface area contributed by atoms with E-state index >= 15 is 0 Å². The second kappa shape index (κ2) is 5.09. The van der Waals surface area contributed by atoms with Crippen LogP contribution in [0, 0.1) is 12.4 Å². The molecular formula is C14H8ClFN2O. The molecule has 0 spiro atoms. The minimum atomic E-state index is -0.722. The highest BCUT2D eigenvalue weighted by Crippen LogP contribution is 2.32. The van der Waals surface area contributed by atoms with Crippen LogP contribution in [0.3, 0.4) is 0 Å². The molecule has 0 aliphatic heterocycles. The van der Waals surface area contributed by atoms with Crippen LogP contribution in [0.1, 0.15) is 10.4 Å². The van der Waals surface area contributed by atoms with Crippen LogP contribution in [-0.4, -0.2) is 5.91 Å². The Morgan fingerprint density at radius 3 is 2.58 bits per heavy atom. The number of halogens is 2. The SMILES string of the molecule is [C-]#[N+]c1ccc(-c2ccc(F)cc2C(N)=O)cc1Cl.